The first-order valence-electron chi connectivity index (χ1n) is 6.67. The van der Waals surface area contributed by atoms with Crippen LogP contribution in [0.3, 0.4) is 0 Å². The van der Waals surface area contributed by atoms with Gasteiger partial charge in [-0.2, -0.15) is 8.42 Å². The van der Waals surface area contributed by atoms with Crippen LogP contribution in [0.2, 0.25) is 0 Å². The van der Waals surface area contributed by atoms with Crippen LogP contribution in [-0.2, 0) is 20.0 Å². The summed E-state index contributed by atoms with van der Waals surface area (Å²) in [6.45, 7) is 1.84. The lowest BCUT2D eigenvalue weighted by atomic mass is 10.2. The van der Waals surface area contributed by atoms with Gasteiger partial charge in [-0.25, -0.2) is 8.42 Å². The molecule has 0 saturated heterocycles. The molecule has 1 aliphatic rings. The standard InChI is InChI=1S/C7H13NO2S.C7H8O3S/c1-11(9,10)5-4-7(8)6-2-3-6;1-6-2-4-7(5-3-6)11(8,9)10/h4-7H,2-3,8H2,1H3;2-5H,1H3,(H,8,9,10)/b5-4+;/t7-;/m0./s1. The van der Waals surface area contributed by atoms with Crippen LogP contribution in [0.4, 0.5) is 0 Å². The number of aryl methyl sites for hydroxylation is 1. The predicted octanol–water partition coefficient (Wildman–Crippen LogP) is 1.52. The highest BCUT2D eigenvalue weighted by Gasteiger charge is 2.26. The van der Waals surface area contributed by atoms with Gasteiger partial charge in [0.2, 0.25) is 0 Å². The van der Waals surface area contributed by atoms with Crippen molar-refractivity contribution in [2.24, 2.45) is 11.7 Å². The quantitative estimate of drug-likeness (QED) is 0.798. The molecule has 3 N–H and O–H groups in total. The summed E-state index contributed by atoms with van der Waals surface area (Å²) in [5.74, 6) is 0.521. The van der Waals surface area contributed by atoms with Gasteiger partial charge in [0, 0.05) is 17.7 Å². The number of sulfone groups is 1. The van der Waals surface area contributed by atoms with E-state index in [2.05, 4.69) is 0 Å². The van der Waals surface area contributed by atoms with E-state index in [-0.39, 0.29) is 10.9 Å². The van der Waals surface area contributed by atoms with Crippen LogP contribution in [0.1, 0.15) is 18.4 Å². The number of nitrogens with two attached hydrogens (primary N) is 1. The van der Waals surface area contributed by atoms with Gasteiger partial charge in [-0.3, -0.25) is 4.55 Å². The van der Waals surface area contributed by atoms with Crippen molar-refractivity contribution in [3.05, 3.63) is 41.3 Å². The molecule has 1 fully saturated rings. The van der Waals surface area contributed by atoms with Gasteiger partial charge in [-0.05, 0) is 37.8 Å². The third kappa shape index (κ3) is 7.69. The van der Waals surface area contributed by atoms with E-state index in [1.54, 1.807) is 18.2 Å². The summed E-state index contributed by atoms with van der Waals surface area (Å²) >= 11 is 0. The summed E-state index contributed by atoms with van der Waals surface area (Å²) in [4.78, 5) is -0.0666. The number of benzene rings is 1. The van der Waals surface area contributed by atoms with Crippen molar-refractivity contribution >= 4 is 20.0 Å². The fourth-order valence-corrected chi connectivity index (χ4v) is 2.53. The SMILES string of the molecule is CS(=O)(=O)/C=C/[C@H](N)C1CC1.Cc1ccc(S(=O)(=O)O)cc1. The van der Waals surface area contributed by atoms with Gasteiger partial charge in [0.25, 0.3) is 10.1 Å². The predicted molar refractivity (Wildman–Crippen MR) is 85.7 cm³/mol. The highest BCUT2D eigenvalue weighted by Crippen LogP contribution is 2.31. The molecule has 0 unspecified atom stereocenters. The van der Waals surface area contributed by atoms with Crippen molar-refractivity contribution in [1.29, 1.82) is 0 Å². The van der Waals surface area contributed by atoms with Gasteiger partial charge in [-0.1, -0.05) is 23.8 Å². The third-order valence-electron chi connectivity index (χ3n) is 3.03. The molecular formula is C14H21NO5S2. The molecule has 1 atom stereocenters. The third-order valence-corrected chi connectivity index (χ3v) is 4.55. The Morgan fingerprint density at radius 2 is 1.68 bits per heavy atom. The van der Waals surface area contributed by atoms with Gasteiger partial charge in [0.1, 0.15) is 0 Å². The van der Waals surface area contributed by atoms with Crippen LogP contribution in [0, 0.1) is 12.8 Å². The lowest BCUT2D eigenvalue weighted by Crippen LogP contribution is -2.19. The van der Waals surface area contributed by atoms with E-state index in [0.29, 0.717) is 5.92 Å². The van der Waals surface area contributed by atoms with Crippen LogP contribution in [-0.4, -0.2) is 33.7 Å². The van der Waals surface area contributed by atoms with Crippen LogP contribution >= 0.6 is 0 Å². The first-order chi connectivity index (χ1) is 9.99. The van der Waals surface area contributed by atoms with Crippen LogP contribution in [0.25, 0.3) is 0 Å². The Morgan fingerprint density at radius 1 is 1.18 bits per heavy atom. The van der Waals surface area contributed by atoms with E-state index >= 15 is 0 Å². The largest absolute Gasteiger partial charge is 0.324 e. The molecule has 0 aromatic heterocycles. The zero-order chi connectivity index (χ0) is 17.0. The molecule has 0 aliphatic heterocycles. The lowest BCUT2D eigenvalue weighted by molar-refractivity contribution is 0.483. The molecule has 2 rings (SSSR count). The van der Waals surface area contributed by atoms with E-state index in [9.17, 15) is 16.8 Å². The molecule has 8 heteroatoms. The van der Waals surface area contributed by atoms with Gasteiger partial charge in [-0.15, -0.1) is 0 Å². The first-order valence-corrected chi connectivity index (χ1v) is 10.1. The number of hydrogen-bond donors (Lipinski definition) is 2. The number of hydrogen-bond acceptors (Lipinski definition) is 5. The highest BCUT2D eigenvalue weighted by molar-refractivity contribution is 7.93. The second-order valence-electron chi connectivity index (χ2n) is 5.36. The Bertz CT molecular complexity index is 717. The average molecular weight is 347 g/mol. The Hall–Kier alpha value is -1.22. The molecule has 0 spiro atoms. The van der Waals surface area contributed by atoms with Crippen LogP contribution in [0.15, 0.2) is 40.6 Å². The highest BCUT2D eigenvalue weighted by atomic mass is 32.2. The van der Waals surface area contributed by atoms with E-state index in [0.717, 1.165) is 18.4 Å². The van der Waals surface area contributed by atoms with Crippen molar-refractivity contribution in [2.45, 2.75) is 30.7 Å². The maximum absolute atomic E-state index is 10.6. The Labute approximate surface area is 131 Å². The normalized spacial score (nSPS) is 16.9. The van der Waals surface area contributed by atoms with Gasteiger partial charge in [0.15, 0.2) is 9.84 Å². The van der Waals surface area contributed by atoms with Gasteiger partial charge in [0.05, 0.1) is 4.90 Å². The second kappa shape index (κ2) is 7.36. The smallest absolute Gasteiger partial charge is 0.294 e. The summed E-state index contributed by atoms with van der Waals surface area (Å²) in [6, 6.07) is 5.92. The van der Waals surface area contributed by atoms with Gasteiger partial charge >= 0.3 is 0 Å². The molecule has 6 nitrogen and oxygen atoms in total. The fourth-order valence-electron chi connectivity index (χ4n) is 1.58. The zero-order valence-electron chi connectivity index (χ0n) is 12.5. The van der Waals surface area contributed by atoms with Crippen molar-refractivity contribution < 1.29 is 21.4 Å². The molecule has 22 heavy (non-hydrogen) atoms. The average Bonchev–Trinajstić information content (AvgIpc) is 3.19. The zero-order valence-corrected chi connectivity index (χ0v) is 14.1. The summed E-state index contributed by atoms with van der Waals surface area (Å²) < 4.78 is 50.8. The topological polar surface area (TPSA) is 115 Å². The molecule has 1 aromatic carbocycles. The van der Waals surface area contributed by atoms with E-state index in [1.165, 1.54) is 23.8 Å². The second-order valence-corrected chi connectivity index (χ2v) is 8.71. The van der Waals surface area contributed by atoms with E-state index in [1.807, 2.05) is 6.92 Å². The molecule has 0 bridgehead atoms. The summed E-state index contributed by atoms with van der Waals surface area (Å²) in [5, 5.41) is 1.19. The van der Waals surface area contributed by atoms with E-state index in [4.69, 9.17) is 10.3 Å². The number of rotatable bonds is 4. The Morgan fingerprint density at radius 3 is 2.05 bits per heavy atom. The lowest BCUT2D eigenvalue weighted by Gasteiger charge is -2.00. The maximum Gasteiger partial charge on any atom is 0.294 e. The Balaban J connectivity index is 0.000000220. The minimum Gasteiger partial charge on any atom is -0.324 e. The molecule has 0 heterocycles. The fraction of sp³-hybridized carbons (Fsp3) is 0.429. The molecule has 1 saturated carbocycles. The minimum absolute atomic E-state index is 0.0651. The molecule has 1 aromatic rings. The van der Waals surface area contributed by atoms with Crippen molar-refractivity contribution in [1.82, 2.24) is 0 Å². The summed E-state index contributed by atoms with van der Waals surface area (Å²) in [6.07, 6.45) is 5.01. The monoisotopic (exact) mass is 347 g/mol. The van der Waals surface area contributed by atoms with Crippen molar-refractivity contribution in [3.8, 4) is 0 Å². The van der Waals surface area contributed by atoms with Crippen LogP contribution in [0.5, 0.6) is 0 Å². The van der Waals surface area contributed by atoms with Crippen molar-refractivity contribution in [2.75, 3.05) is 6.26 Å². The Kier molecular flexibility index (Phi) is 6.30. The molecule has 0 amide bonds. The van der Waals surface area contributed by atoms with Crippen molar-refractivity contribution in [3.63, 3.8) is 0 Å². The van der Waals surface area contributed by atoms with Gasteiger partial charge < -0.3 is 5.73 Å². The molecule has 1 aliphatic carbocycles. The first kappa shape index (κ1) is 18.8. The summed E-state index contributed by atoms with van der Waals surface area (Å²) in [5.41, 5.74) is 6.59. The molecule has 124 valence electrons. The maximum atomic E-state index is 10.6. The van der Waals surface area contributed by atoms with Crippen LogP contribution < -0.4 is 5.73 Å². The van der Waals surface area contributed by atoms with E-state index < -0.39 is 20.0 Å². The molecular weight excluding hydrogens is 326 g/mol. The summed E-state index contributed by atoms with van der Waals surface area (Å²) in [7, 11) is -7.01. The molecule has 0 radical (unpaired) electrons. The minimum atomic E-state index is -4.02.